The largest absolute Gasteiger partial charge is 0.369 e. The minimum Gasteiger partial charge on any atom is -0.369 e. The second kappa shape index (κ2) is 22.3. The van der Waals surface area contributed by atoms with Crippen molar-refractivity contribution in [1.82, 2.24) is 31.5 Å². The zero-order chi connectivity index (χ0) is 37.1. The molecule has 0 bridgehead atoms. The van der Waals surface area contributed by atoms with E-state index in [1.807, 2.05) is 0 Å². The smallest absolute Gasteiger partial charge is 0.244 e. The van der Waals surface area contributed by atoms with Gasteiger partial charge < -0.3 is 43.0 Å². The molecule has 0 heterocycles. The summed E-state index contributed by atoms with van der Waals surface area (Å²) < 4.78 is 0. The maximum Gasteiger partial charge on any atom is 0.244 e. The second-order valence-corrected chi connectivity index (χ2v) is 13.2. The van der Waals surface area contributed by atoms with E-state index in [0.29, 0.717) is 69.5 Å². The first-order valence-corrected chi connectivity index (χ1v) is 17.7. The maximum absolute atomic E-state index is 13.2. The van der Waals surface area contributed by atoms with E-state index in [0.717, 1.165) is 30.6 Å². The van der Waals surface area contributed by atoms with E-state index in [1.165, 1.54) is 13.8 Å². The number of primary amides is 2. The van der Waals surface area contributed by atoms with Crippen molar-refractivity contribution in [3.05, 3.63) is 11.6 Å². The zero-order valence-electron chi connectivity index (χ0n) is 29.5. The van der Waals surface area contributed by atoms with Crippen molar-refractivity contribution in [2.75, 3.05) is 39.3 Å². The molecule has 9 N–H and O–H groups in total. The van der Waals surface area contributed by atoms with Crippen molar-refractivity contribution >= 4 is 47.3 Å². The van der Waals surface area contributed by atoms with E-state index in [4.69, 9.17) is 11.5 Å². The van der Waals surface area contributed by atoms with Gasteiger partial charge in [0, 0.05) is 57.9 Å². The molecule has 0 unspecified atom stereocenters. The zero-order valence-corrected chi connectivity index (χ0v) is 29.5. The number of amides is 8. The predicted octanol–water partition coefficient (Wildman–Crippen LogP) is -0.742. The van der Waals surface area contributed by atoms with E-state index < -0.39 is 48.0 Å². The lowest BCUT2D eigenvalue weighted by atomic mass is 9.96. The molecule has 2 fully saturated rings. The van der Waals surface area contributed by atoms with Gasteiger partial charge in [0.1, 0.15) is 19.1 Å². The van der Waals surface area contributed by atoms with E-state index in [-0.39, 0.29) is 49.7 Å². The number of carbonyl (C=O) groups is 8. The van der Waals surface area contributed by atoms with Crippen LogP contribution in [0.3, 0.4) is 0 Å². The average molecular weight is 705 g/mol. The lowest BCUT2D eigenvalue weighted by molar-refractivity contribution is -0.139. The van der Waals surface area contributed by atoms with Gasteiger partial charge in [0.15, 0.2) is 0 Å². The van der Waals surface area contributed by atoms with Crippen LogP contribution in [0.15, 0.2) is 11.6 Å². The quantitative estimate of drug-likeness (QED) is 0.0445. The number of carbonyl (C=O) groups excluding carboxylic acids is 8. The first-order valence-electron chi connectivity index (χ1n) is 17.7. The molecule has 16 nitrogen and oxygen atoms in total. The van der Waals surface area contributed by atoms with E-state index in [9.17, 15) is 38.4 Å². The highest BCUT2D eigenvalue weighted by Crippen LogP contribution is 2.39. The van der Waals surface area contributed by atoms with Crippen LogP contribution in [0, 0.1) is 17.8 Å². The van der Waals surface area contributed by atoms with Crippen molar-refractivity contribution < 1.29 is 38.4 Å². The Bertz CT molecular complexity index is 1250. The molecule has 16 heteroatoms. The van der Waals surface area contributed by atoms with Gasteiger partial charge in [0.2, 0.25) is 47.3 Å². The number of rotatable bonds is 26. The number of hydrogen-bond donors (Lipinski definition) is 7. The standard InChI is InChI=1S/C34H56N8O8/c1-22(43)37-16-6-4-10-28(41-23(2)44)34(50)40-19-15-31(47)42(21-30(46)39-18-7-9-27(33(36)49)25-13-14-25)20-29(45)38-17-5-3-8-26(32(35)48)24-11-12-24/h9,24-26,28H,3-8,10-21H2,1-2H3,(H2,35,48)(H2,36,49)(H,37,43)(H,38,45)(H,39,46)(H,40,50)(H,41,44)/t26-,28+/m1/s1. The van der Waals surface area contributed by atoms with Crippen molar-refractivity contribution in [2.24, 2.45) is 29.2 Å². The Morgan fingerprint density at radius 3 is 1.86 bits per heavy atom. The number of nitrogens with zero attached hydrogens (tertiary/aromatic N) is 1. The van der Waals surface area contributed by atoms with Gasteiger partial charge in [0.25, 0.3) is 0 Å². The van der Waals surface area contributed by atoms with E-state index in [1.54, 1.807) is 6.08 Å². The lowest BCUT2D eigenvalue weighted by Crippen LogP contribution is -2.48. The van der Waals surface area contributed by atoms with Crippen LogP contribution in [0.25, 0.3) is 0 Å². The Morgan fingerprint density at radius 2 is 1.32 bits per heavy atom. The van der Waals surface area contributed by atoms with Crippen LogP contribution >= 0.6 is 0 Å². The summed E-state index contributed by atoms with van der Waals surface area (Å²) >= 11 is 0. The molecule has 0 aromatic heterocycles. The molecule has 0 aromatic carbocycles. The van der Waals surface area contributed by atoms with Crippen LogP contribution in [0.4, 0.5) is 0 Å². The third-order valence-electron chi connectivity index (χ3n) is 8.60. The molecule has 8 amide bonds. The minimum atomic E-state index is -0.834. The summed E-state index contributed by atoms with van der Waals surface area (Å²) in [6.07, 6.45) is 9.18. The molecule has 50 heavy (non-hydrogen) atoms. The monoisotopic (exact) mass is 704 g/mol. The van der Waals surface area contributed by atoms with Crippen LogP contribution in [0.2, 0.25) is 0 Å². The number of unbranched alkanes of at least 4 members (excludes halogenated alkanes) is 2. The Labute approximate surface area is 294 Å². The van der Waals surface area contributed by atoms with Crippen LogP contribution in [0.1, 0.15) is 90.9 Å². The number of nitrogens with one attached hydrogen (secondary N) is 5. The molecule has 0 saturated heterocycles. The van der Waals surface area contributed by atoms with Gasteiger partial charge in [-0.1, -0.05) is 12.5 Å². The van der Waals surface area contributed by atoms with Crippen LogP contribution in [-0.2, 0) is 38.4 Å². The number of hydrogen-bond acceptors (Lipinski definition) is 8. The van der Waals surface area contributed by atoms with Crippen molar-refractivity contribution in [2.45, 2.75) is 96.9 Å². The first-order chi connectivity index (χ1) is 23.8. The van der Waals surface area contributed by atoms with Gasteiger partial charge in [0.05, 0.1) is 0 Å². The molecule has 2 saturated carbocycles. The van der Waals surface area contributed by atoms with Crippen molar-refractivity contribution in [3.63, 3.8) is 0 Å². The molecule has 280 valence electrons. The highest BCUT2D eigenvalue weighted by Gasteiger charge is 2.34. The molecule has 2 atom stereocenters. The maximum atomic E-state index is 13.2. The summed E-state index contributed by atoms with van der Waals surface area (Å²) in [5.41, 5.74) is 11.5. The third kappa shape index (κ3) is 17.8. The molecule has 0 spiro atoms. The van der Waals surface area contributed by atoms with Crippen molar-refractivity contribution in [1.29, 1.82) is 0 Å². The lowest BCUT2D eigenvalue weighted by Gasteiger charge is -2.22. The highest BCUT2D eigenvalue weighted by molar-refractivity contribution is 5.93. The molecule has 0 aliphatic heterocycles. The summed E-state index contributed by atoms with van der Waals surface area (Å²) in [5, 5.41) is 13.4. The van der Waals surface area contributed by atoms with Gasteiger partial charge in [-0.15, -0.1) is 0 Å². The Hall–Kier alpha value is -4.50. The molecule has 0 aromatic rings. The summed E-state index contributed by atoms with van der Waals surface area (Å²) in [4.78, 5) is 98.8. The average Bonchev–Trinajstić information content (AvgIpc) is 3.96. The van der Waals surface area contributed by atoms with Crippen LogP contribution in [-0.4, -0.2) is 97.5 Å². The SMILES string of the molecule is CC(=O)NCCCC[C@H](NC(C)=O)C(=O)NCCC(=O)N(CC(=O)NCCC=C(C(N)=O)C1CC1)CC(=O)NCCCC[C@@H](C(N)=O)C1CC1. The first kappa shape index (κ1) is 41.7. The van der Waals surface area contributed by atoms with Gasteiger partial charge in [-0.05, 0) is 76.0 Å². The van der Waals surface area contributed by atoms with Crippen LogP contribution < -0.4 is 38.1 Å². The molecule has 2 aliphatic rings. The van der Waals surface area contributed by atoms with Crippen LogP contribution in [0.5, 0.6) is 0 Å². The minimum absolute atomic E-state index is 0.0940. The molecular formula is C34H56N8O8. The summed E-state index contributed by atoms with van der Waals surface area (Å²) in [6, 6.07) is -0.834. The molecular weight excluding hydrogens is 648 g/mol. The Balaban J connectivity index is 1.89. The van der Waals surface area contributed by atoms with Gasteiger partial charge in [-0.3, -0.25) is 38.4 Å². The normalized spacial score (nSPS) is 15.2. The fourth-order valence-corrected chi connectivity index (χ4v) is 5.64. The fourth-order valence-electron chi connectivity index (χ4n) is 5.64. The summed E-state index contributed by atoms with van der Waals surface area (Å²) in [7, 11) is 0. The second-order valence-electron chi connectivity index (χ2n) is 13.2. The molecule has 2 rings (SSSR count). The summed E-state index contributed by atoms with van der Waals surface area (Å²) in [6.45, 7) is 2.79. The fraction of sp³-hybridized carbons (Fsp3) is 0.706. The summed E-state index contributed by atoms with van der Waals surface area (Å²) in [5.74, 6) is -2.94. The Morgan fingerprint density at radius 1 is 0.720 bits per heavy atom. The molecule has 2 aliphatic carbocycles. The van der Waals surface area contributed by atoms with Gasteiger partial charge in [-0.2, -0.15) is 0 Å². The molecule has 0 radical (unpaired) electrons. The third-order valence-corrected chi connectivity index (χ3v) is 8.60. The topological polar surface area (TPSA) is 252 Å². The van der Waals surface area contributed by atoms with Crippen molar-refractivity contribution in [3.8, 4) is 0 Å². The van der Waals surface area contributed by atoms with Gasteiger partial charge >= 0.3 is 0 Å². The predicted molar refractivity (Wildman–Crippen MR) is 184 cm³/mol. The van der Waals surface area contributed by atoms with Gasteiger partial charge in [-0.25, -0.2) is 0 Å². The number of nitrogens with two attached hydrogens (primary N) is 2. The van der Waals surface area contributed by atoms with E-state index in [2.05, 4.69) is 26.6 Å². The highest BCUT2D eigenvalue weighted by atomic mass is 16.2. The van der Waals surface area contributed by atoms with E-state index >= 15 is 0 Å². The Kier molecular flexibility index (Phi) is 18.6.